The number of fused-ring (bicyclic) bond motifs is 3. The van der Waals surface area contributed by atoms with Crippen molar-refractivity contribution in [2.45, 2.75) is 130 Å². The highest BCUT2D eigenvalue weighted by atomic mass is 15.0. The van der Waals surface area contributed by atoms with Gasteiger partial charge in [-0.15, -0.1) is 0 Å². The quantitative estimate of drug-likeness (QED) is 0.128. The Morgan fingerprint density at radius 2 is 1.26 bits per heavy atom. The molecule has 2 aromatic carbocycles. The van der Waals surface area contributed by atoms with Crippen LogP contribution >= 0.6 is 0 Å². The summed E-state index contributed by atoms with van der Waals surface area (Å²) in [5.74, 6) is 0. The Labute approximate surface area is 232 Å². The van der Waals surface area contributed by atoms with Gasteiger partial charge in [0.25, 0.3) is 0 Å². The molecule has 4 aromatic rings. The van der Waals surface area contributed by atoms with Crippen molar-refractivity contribution in [1.82, 2.24) is 9.55 Å². The van der Waals surface area contributed by atoms with Gasteiger partial charge in [0.15, 0.2) is 0 Å². The second-order valence-electron chi connectivity index (χ2n) is 11.5. The molecule has 2 heteroatoms. The minimum Gasteiger partial charge on any atom is -0.361 e. The lowest BCUT2D eigenvalue weighted by Crippen LogP contribution is -1.99. The third-order valence-corrected chi connectivity index (χ3v) is 8.40. The van der Waals surface area contributed by atoms with Crippen LogP contribution in [0.2, 0.25) is 0 Å². The topological polar surface area (TPSA) is 20.7 Å². The van der Waals surface area contributed by atoms with Crippen molar-refractivity contribution < 1.29 is 0 Å². The summed E-state index contributed by atoms with van der Waals surface area (Å²) in [6, 6.07) is 16.8. The fourth-order valence-electron chi connectivity index (χ4n) is 6.14. The standard InChI is InChI=1S/C36H52N2/c1-4-7-10-13-14-17-25-38-35-23-22-29(19-15-11-8-5-2)26-32(35)33-27-30(20-16-12-9-6-3)31(28-36(33)38)34-21-18-24-37-34/h18,21-24,26-28,37H,4-17,19-20,25H2,1-3H3. The highest BCUT2D eigenvalue weighted by Gasteiger charge is 2.16. The van der Waals surface area contributed by atoms with Crippen LogP contribution in [-0.4, -0.2) is 9.55 Å². The number of nitrogens with zero attached hydrogens (tertiary/aromatic N) is 1. The summed E-state index contributed by atoms with van der Waals surface area (Å²) >= 11 is 0. The Hall–Kier alpha value is -2.48. The molecule has 38 heavy (non-hydrogen) atoms. The lowest BCUT2D eigenvalue weighted by Gasteiger charge is -2.12. The van der Waals surface area contributed by atoms with Gasteiger partial charge in [0, 0.05) is 45.8 Å². The largest absolute Gasteiger partial charge is 0.361 e. The van der Waals surface area contributed by atoms with Crippen molar-refractivity contribution in [2.75, 3.05) is 0 Å². The average molecular weight is 513 g/mol. The molecule has 2 aromatic heterocycles. The Bertz CT molecular complexity index is 1230. The molecule has 0 aliphatic rings. The molecule has 0 atom stereocenters. The van der Waals surface area contributed by atoms with E-state index in [0.717, 1.165) is 13.0 Å². The Kier molecular flexibility index (Phi) is 11.4. The predicted molar refractivity (Wildman–Crippen MR) is 168 cm³/mol. The van der Waals surface area contributed by atoms with Crippen LogP contribution in [0.4, 0.5) is 0 Å². The Morgan fingerprint density at radius 1 is 0.605 bits per heavy atom. The normalized spacial score (nSPS) is 11.8. The fraction of sp³-hybridized carbons (Fsp3) is 0.556. The first-order valence-electron chi connectivity index (χ1n) is 16.0. The molecule has 0 spiro atoms. The fourth-order valence-corrected chi connectivity index (χ4v) is 6.14. The number of rotatable bonds is 18. The smallest absolute Gasteiger partial charge is 0.0498 e. The minimum atomic E-state index is 1.11. The van der Waals surface area contributed by atoms with Gasteiger partial charge in [-0.05, 0) is 79.6 Å². The van der Waals surface area contributed by atoms with Gasteiger partial charge in [0.05, 0.1) is 0 Å². The molecule has 0 aliphatic carbocycles. The van der Waals surface area contributed by atoms with Crippen molar-refractivity contribution in [3.8, 4) is 11.3 Å². The molecular weight excluding hydrogens is 460 g/mol. The van der Waals surface area contributed by atoms with Crippen LogP contribution in [0.15, 0.2) is 48.7 Å². The van der Waals surface area contributed by atoms with E-state index in [1.807, 2.05) is 0 Å². The highest BCUT2D eigenvalue weighted by molar-refractivity contribution is 6.09. The van der Waals surface area contributed by atoms with Gasteiger partial charge >= 0.3 is 0 Å². The van der Waals surface area contributed by atoms with E-state index in [1.54, 1.807) is 0 Å². The van der Waals surface area contributed by atoms with Crippen molar-refractivity contribution in [3.05, 3.63) is 59.8 Å². The number of H-pyrrole nitrogens is 1. The summed E-state index contributed by atoms with van der Waals surface area (Å²) in [5, 5.41) is 2.93. The number of aromatic amines is 1. The van der Waals surface area contributed by atoms with Crippen LogP contribution in [0.5, 0.6) is 0 Å². The maximum Gasteiger partial charge on any atom is 0.0498 e. The molecule has 0 fully saturated rings. The van der Waals surface area contributed by atoms with Crippen LogP contribution in [0.25, 0.3) is 33.1 Å². The summed E-state index contributed by atoms with van der Waals surface area (Å²) < 4.78 is 2.64. The van der Waals surface area contributed by atoms with Crippen molar-refractivity contribution in [3.63, 3.8) is 0 Å². The van der Waals surface area contributed by atoms with Gasteiger partial charge < -0.3 is 9.55 Å². The molecule has 1 N–H and O–H groups in total. The molecule has 2 heterocycles. The summed E-state index contributed by atoms with van der Waals surface area (Å²) in [6.45, 7) is 8.01. The number of benzene rings is 2. The zero-order valence-corrected chi connectivity index (χ0v) is 24.6. The number of aromatic nitrogens is 2. The van der Waals surface area contributed by atoms with E-state index < -0.39 is 0 Å². The number of nitrogens with one attached hydrogen (secondary N) is 1. The van der Waals surface area contributed by atoms with Crippen LogP contribution < -0.4 is 0 Å². The van der Waals surface area contributed by atoms with Gasteiger partial charge in [-0.3, -0.25) is 0 Å². The van der Waals surface area contributed by atoms with E-state index in [1.165, 1.54) is 141 Å². The van der Waals surface area contributed by atoms with E-state index in [-0.39, 0.29) is 0 Å². The summed E-state index contributed by atoms with van der Waals surface area (Å²) in [7, 11) is 0. The van der Waals surface area contributed by atoms with E-state index in [2.05, 4.69) is 79.0 Å². The molecule has 0 unspecified atom stereocenters. The van der Waals surface area contributed by atoms with E-state index in [4.69, 9.17) is 0 Å². The third-order valence-electron chi connectivity index (χ3n) is 8.40. The minimum absolute atomic E-state index is 1.11. The zero-order chi connectivity index (χ0) is 26.6. The number of unbranched alkanes of at least 4 members (excludes halogenated alkanes) is 11. The summed E-state index contributed by atoms with van der Waals surface area (Å²) in [4.78, 5) is 3.52. The first-order chi connectivity index (χ1) is 18.8. The lowest BCUT2D eigenvalue weighted by molar-refractivity contribution is 0.571. The predicted octanol–water partition coefficient (Wildman–Crippen LogP) is 11.4. The molecule has 0 amide bonds. The van der Waals surface area contributed by atoms with E-state index >= 15 is 0 Å². The average Bonchev–Trinajstić information content (AvgIpc) is 3.57. The molecule has 4 rings (SSSR count). The molecule has 0 bridgehead atoms. The Morgan fingerprint density at radius 3 is 1.97 bits per heavy atom. The number of hydrogen-bond donors (Lipinski definition) is 1. The van der Waals surface area contributed by atoms with E-state index in [9.17, 15) is 0 Å². The molecule has 206 valence electrons. The van der Waals surface area contributed by atoms with Crippen LogP contribution in [0.3, 0.4) is 0 Å². The highest BCUT2D eigenvalue weighted by Crippen LogP contribution is 2.36. The van der Waals surface area contributed by atoms with Crippen LogP contribution in [0, 0.1) is 0 Å². The molecule has 0 aliphatic heterocycles. The molecule has 0 saturated carbocycles. The van der Waals surface area contributed by atoms with Gasteiger partial charge in [0.2, 0.25) is 0 Å². The Balaban J connectivity index is 1.72. The second-order valence-corrected chi connectivity index (χ2v) is 11.5. The first-order valence-corrected chi connectivity index (χ1v) is 16.0. The van der Waals surface area contributed by atoms with Gasteiger partial charge in [-0.25, -0.2) is 0 Å². The lowest BCUT2D eigenvalue weighted by atomic mass is 9.96. The maximum atomic E-state index is 3.52. The van der Waals surface area contributed by atoms with Crippen molar-refractivity contribution in [1.29, 1.82) is 0 Å². The SMILES string of the molecule is CCCCCCCCn1c2ccc(CCCCCC)cc2c2cc(CCCCCC)c(-c3ccc[nH]3)cc21. The summed E-state index contributed by atoms with van der Waals surface area (Å²) in [5.41, 5.74) is 8.49. The van der Waals surface area contributed by atoms with Crippen LogP contribution in [0.1, 0.15) is 122 Å². The van der Waals surface area contributed by atoms with Crippen LogP contribution in [-0.2, 0) is 19.4 Å². The molecule has 2 nitrogen and oxygen atoms in total. The van der Waals surface area contributed by atoms with Gasteiger partial charge in [0.1, 0.15) is 0 Å². The van der Waals surface area contributed by atoms with Gasteiger partial charge in [-0.1, -0.05) is 97.5 Å². The second kappa shape index (κ2) is 15.2. The third kappa shape index (κ3) is 7.33. The van der Waals surface area contributed by atoms with E-state index in [0.29, 0.717) is 0 Å². The van der Waals surface area contributed by atoms with Crippen molar-refractivity contribution in [2.24, 2.45) is 0 Å². The zero-order valence-electron chi connectivity index (χ0n) is 24.6. The molecular formula is C36H52N2. The maximum absolute atomic E-state index is 3.52. The molecule has 0 saturated heterocycles. The van der Waals surface area contributed by atoms with Gasteiger partial charge in [-0.2, -0.15) is 0 Å². The van der Waals surface area contributed by atoms with Crippen molar-refractivity contribution >= 4 is 21.8 Å². The monoisotopic (exact) mass is 512 g/mol. The molecule has 0 radical (unpaired) electrons. The summed E-state index contributed by atoms with van der Waals surface area (Å²) in [6.07, 6.45) is 22.9. The number of hydrogen-bond acceptors (Lipinski definition) is 0. The number of aryl methyl sites for hydroxylation is 3. The first kappa shape index (κ1) is 28.5.